The first-order valence-corrected chi connectivity index (χ1v) is 4.58. The lowest BCUT2D eigenvalue weighted by Gasteiger charge is -2.36. The van der Waals surface area contributed by atoms with E-state index in [0.717, 1.165) is 0 Å². The second-order valence-electron chi connectivity index (χ2n) is 3.38. The molecule has 0 aromatic carbocycles. The molecule has 4 atom stereocenters. The summed E-state index contributed by atoms with van der Waals surface area (Å²) >= 11 is 0. The molecule has 5 nitrogen and oxygen atoms in total. The Kier molecular flexibility index (Phi) is 3.86. The van der Waals surface area contributed by atoms with Crippen molar-refractivity contribution in [2.24, 2.45) is 0 Å². The molecule has 1 aliphatic heterocycles. The van der Waals surface area contributed by atoms with Crippen LogP contribution in [0, 0.1) is 0 Å². The molecule has 14 heavy (non-hydrogen) atoms. The van der Waals surface area contributed by atoms with Crippen LogP contribution in [0.5, 0.6) is 0 Å². The number of esters is 1. The number of hydrogen-bond donors (Lipinski definition) is 1. The van der Waals surface area contributed by atoms with Gasteiger partial charge < -0.3 is 19.3 Å². The van der Waals surface area contributed by atoms with Crippen molar-refractivity contribution in [3.63, 3.8) is 0 Å². The average Bonchev–Trinajstić information content (AvgIpc) is 2.10. The smallest absolute Gasteiger partial charge is 0.303 e. The van der Waals surface area contributed by atoms with E-state index in [0.29, 0.717) is 6.42 Å². The van der Waals surface area contributed by atoms with Gasteiger partial charge in [0.2, 0.25) is 0 Å². The quantitative estimate of drug-likeness (QED) is 0.644. The molecule has 1 N–H and O–H groups in total. The number of aliphatic hydroxyl groups is 1. The van der Waals surface area contributed by atoms with E-state index in [9.17, 15) is 9.90 Å². The number of carbonyl (C=O) groups excluding carboxylic acids is 1. The van der Waals surface area contributed by atoms with Crippen LogP contribution in [0.3, 0.4) is 0 Å². The maximum Gasteiger partial charge on any atom is 0.303 e. The van der Waals surface area contributed by atoms with E-state index in [4.69, 9.17) is 14.2 Å². The van der Waals surface area contributed by atoms with Gasteiger partial charge >= 0.3 is 5.97 Å². The summed E-state index contributed by atoms with van der Waals surface area (Å²) < 4.78 is 15.3. The maximum absolute atomic E-state index is 10.7. The fourth-order valence-electron chi connectivity index (χ4n) is 1.53. The summed E-state index contributed by atoms with van der Waals surface area (Å²) in [6.07, 6.45) is -1.79. The number of ether oxygens (including phenoxy) is 3. The zero-order valence-corrected chi connectivity index (χ0v) is 8.60. The molecule has 0 radical (unpaired) electrons. The van der Waals surface area contributed by atoms with Crippen molar-refractivity contribution in [2.45, 2.75) is 44.9 Å². The Hall–Kier alpha value is -0.650. The van der Waals surface area contributed by atoms with Crippen LogP contribution in [0.1, 0.15) is 20.3 Å². The minimum Gasteiger partial charge on any atom is -0.457 e. The van der Waals surface area contributed by atoms with E-state index in [2.05, 4.69) is 0 Å². The molecule has 1 aliphatic rings. The number of aliphatic hydroxyl groups excluding tert-OH is 1. The summed E-state index contributed by atoms with van der Waals surface area (Å²) in [5.41, 5.74) is 0. The van der Waals surface area contributed by atoms with Crippen LogP contribution in [-0.4, -0.2) is 42.8 Å². The van der Waals surface area contributed by atoms with Gasteiger partial charge in [0.05, 0.1) is 12.2 Å². The van der Waals surface area contributed by atoms with E-state index in [1.807, 2.05) is 0 Å². The van der Waals surface area contributed by atoms with Crippen LogP contribution in [0.25, 0.3) is 0 Å². The van der Waals surface area contributed by atoms with Crippen molar-refractivity contribution in [3.8, 4) is 0 Å². The summed E-state index contributed by atoms with van der Waals surface area (Å²) in [7, 11) is 1.51. The van der Waals surface area contributed by atoms with E-state index < -0.39 is 24.5 Å². The van der Waals surface area contributed by atoms with Crippen molar-refractivity contribution in [1.82, 2.24) is 0 Å². The van der Waals surface area contributed by atoms with E-state index in [-0.39, 0.29) is 6.10 Å². The first-order valence-electron chi connectivity index (χ1n) is 4.58. The van der Waals surface area contributed by atoms with Gasteiger partial charge in [0, 0.05) is 20.5 Å². The molecule has 1 heterocycles. The van der Waals surface area contributed by atoms with Crippen molar-refractivity contribution in [3.05, 3.63) is 0 Å². The van der Waals surface area contributed by atoms with E-state index >= 15 is 0 Å². The summed E-state index contributed by atoms with van der Waals surface area (Å²) in [5.74, 6) is -0.416. The lowest BCUT2D eigenvalue weighted by Crippen LogP contribution is -2.49. The second kappa shape index (κ2) is 4.72. The second-order valence-corrected chi connectivity index (χ2v) is 3.38. The van der Waals surface area contributed by atoms with Gasteiger partial charge in [-0.3, -0.25) is 4.79 Å². The predicted molar refractivity (Wildman–Crippen MR) is 47.5 cm³/mol. The van der Waals surface area contributed by atoms with Gasteiger partial charge in [0.1, 0.15) is 0 Å². The highest BCUT2D eigenvalue weighted by atomic mass is 16.7. The first kappa shape index (κ1) is 11.4. The van der Waals surface area contributed by atoms with Crippen LogP contribution in [0.4, 0.5) is 0 Å². The van der Waals surface area contributed by atoms with Gasteiger partial charge in [-0.25, -0.2) is 0 Å². The SMILES string of the molecule is COC1CC(O)C(OC(C)=O)C(C)O1. The van der Waals surface area contributed by atoms with Crippen molar-refractivity contribution in [2.75, 3.05) is 7.11 Å². The van der Waals surface area contributed by atoms with Crippen LogP contribution in [-0.2, 0) is 19.0 Å². The third kappa shape index (κ3) is 2.67. The molecule has 5 heteroatoms. The van der Waals surface area contributed by atoms with Crippen LogP contribution >= 0.6 is 0 Å². The van der Waals surface area contributed by atoms with Gasteiger partial charge in [0.15, 0.2) is 12.4 Å². The van der Waals surface area contributed by atoms with Crippen LogP contribution in [0.15, 0.2) is 0 Å². The summed E-state index contributed by atoms with van der Waals surface area (Å²) in [6, 6.07) is 0. The minimum absolute atomic E-state index is 0.318. The van der Waals surface area contributed by atoms with Crippen molar-refractivity contribution < 1.29 is 24.1 Å². The van der Waals surface area contributed by atoms with Crippen molar-refractivity contribution >= 4 is 5.97 Å². The average molecular weight is 204 g/mol. The molecule has 0 spiro atoms. The highest BCUT2D eigenvalue weighted by molar-refractivity contribution is 5.66. The summed E-state index contributed by atoms with van der Waals surface area (Å²) in [6.45, 7) is 3.05. The van der Waals surface area contributed by atoms with Crippen LogP contribution in [0.2, 0.25) is 0 Å². The Balaban J connectivity index is 2.55. The zero-order valence-electron chi connectivity index (χ0n) is 8.60. The lowest BCUT2D eigenvalue weighted by atomic mass is 10.0. The third-order valence-corrected chi connectivity index (χ3v) is 2.21. The fourth-order valence-corrected chi connectivity index (χ4v) is 1.53. The maximum atomic E-state index is 10.7. The highest BCUT2D eigenvalue weighted by Gasteiger charge is 2.37. The van der Waals surface area contributed by atoms with Gasteiger partial charge in [-0.05, 0) is 6.92 Å². The van der Waals surface area contributed by atoms with E-state index in [1.165, 1.54) is 14.0 Å². The Morgan fingerprint density at radius 3 is 2.64 bits per heavy atom. The van der Waals surface area contributed by atoms with Crippen LogP contribution < -0.4 is 0 Å². The molecule has 0 amide bonds. The Morgan fingerprint density at radius 1 is 1.57 bits per heavy atom. The molecule has 0 bridgehead atoms. The van der Waals surface area contributed by atoms with Gasteiger partial charge in [-0.1, -0.05) is 0 Å². The molecule has 0 aliphatic carbocycles. The Bertz CT molecular complexity index is 193. The van der Waals surface area contributed by atoms with Gasteiger partial charge in [-0.2, -0.15) is 0 Å². The molecule has 0 aromatic rings. The molecule has 0 saturated carbocycles. The predicted octanol–water partition coefficient (Wildman–Crippen LogP) is 0.0603. The normalized spacial score (nSPS) is 38.0. The third-order valence-electron chi connectivity index (χ3n) is 2.21. The molecule has 82 valence electrons. The molecular formula is C9H16O5. The molecule has 1 fully saturated rings. The summed E-state index contributed by atoms with van der Waals surface area (Å²) in [5, 5.41) is 9.65. The Morgan fingerprint density at radius 2 is 2.21 bits per heavy atom. The number of carbonyl (C=O) groups is 1. The highest BCUT2D eigenvalue weighted by Crippen LogP contribution is 2.22. The summed E-state index contributed by atoms with van der Waals surface area (Å²) in [4.78, 5) is 10.7. The molecule has 1 rings (SSSR count). The first-order chi connectivity index (χ1) is 6.54. The van der Waals surface area contributed by atoms with E-state index in [1.54, 1.807) is 6.92 Å². The Labute approximate surface area is 82.9 Å². The minimum atomic E-state index is -0.729. The monoisotopic (exact) mass is 204 g/mol. The lowest BCUT2D eigenvalue weighted by molar-refractivity contribution is -0.244. The number of hydrogen-bond acceptors (Lipinski definition) is 5. The fraction of sp³-hybridized carbons (Fsp3) is 0.889. The molecule has 4 unspecified atom stereocenters. The molecular weight excluding hydrogens is 188 g/mol. The van der Waals surface area contributed by atoms with Gasteiger partial charge in [0.25, 0.3) is 0 Å². The number of methoxy groups -OCH3 is 1. The van der Waals surface area contributed by atoms with Gasteiger partial charge in [-0.15, -0.1) is 0 Å². The zero-order chi connectivity index (χ0) is 10.7. The molecule has 0 aromatic heterocycles. The molecule has 1 saturated heterocycles. The largest absolute Gasteiger partial charge is 0.457 e. The van der Waals surface area contributed by atoms with Crippen molar-refractivity contribution in [1.29, 1.82) is 0 Å². The standard InChI is InChI=1S/C9H16O5/c1-5-9(14-6(2)10)7(11)4-8(12-3)13-5/h5,7-9,11H,4H2,1-3H3. The number of rotatable bonds is 2. The topological polar surface area (TPSA) is 65.0 Å².